The lowest BCUT2D eigenvalue weighted by atomic mass is 10.1. The second-order valence-electron chi connectivity index (χ2n) is 7.94. The SMILES string of the molecule is COc1ccc(-c2nc(C(=O)N/N=C/c3ccc(C(=O)NO)cc3)cc3c2[nH]c2ccccc23)cc1. The molecule has 0 unspecified atom stereocenters. The minimum Gasteiger partial charge on any atom is -0.497 e. The van der Waals surface area contributed by atoms with Gasteiger partial charge in [-0.3, -0.25) is 14.8 Å². The molecule has 0 atom stereocenters. The fourth-order valence-electron chi connectivity index (χ4n) is 3.93. The Balaban J connectivity index is 1.48. The standard InChI is InChI=1S/C27H21N5O4/c1-36-19-12-10-17(11-13-19)24-25-21(20-4-2-3-5-22(20)29-25)14-23(30-24)27(34)31-28-15-16-6-8-18(9-7-16)26(33)32-35/h2-15,29,35H,1H3,(H,31,34)(H,32,33)/b28-15+. The molecule has 0 saturated carbocycles. The third-order valence-corrected chi connectivity index (χ3v) is 5.75. The van der Waals surface area contributed by atoms with Crippen LogP contribution in [-0.4, -0.2) is 40.3 Å². The van der Waals surface area contributed by atoms with E-state index >= 15 is 0 Å². The van der Waals surface area contributed by atoms with Crippen LogP contribution < -0.4 is 15.6 Å². The van der Waals surface area contributed by atoms with Crippen LogP contribution in [0.4, 0.5) is 0 Å². The van der Waals surface area contributed by atoms with Gasteiger partial charge >= 0.3 is 0 Å². The second kappa shape index (κ2) is 9.69. The van der Waals surface area contributed by atoms with Crippen LogP contribution >= 0.6 is 0 Å². The van der Waals surface area contributed by atoms with Gasteiger partial charge in [-0.05, 0) is 54.1 Å². The third kappa shape index (κ3) is 4.38. The number of carbonyl (C=O) groups is 2. The van der Waals surface area contributed by atoms with Gasteiger partial charge in [0.25, 0.3) is 11.8 Å². The summed E-state index contributed by atoms with van der Waals surface area (Å²) in [4.78, 5) is 32.5. The highest BCUT2D eigenvalue weighted by molar-refractivity contribution is 6.13. The Morgan fingerprint density at radius 1 is 0.972 bits per heavy atom. The summed E-state index contributed by atoms with van der Waals surface area (Å²) in [5.41, 5.74) is 8.49. The quantitative estimate of drug-likeness (QED) is 0.164. The zero-order valence-electron chi connectivity index (χ0n) is 19.1. The summed E-state index contributed by atoms with van der Waals surface area (Å²) in [6.07, 6.45) is 1.45. The number of pyridine rings is 1. The number of nitrogens with zero attached hydrogens (tertiary/aromatic N) is 2. The van der Waals surface area contributed by atoms with Gasteiger partial charge in [0.1, 0.15) is 11.4 Å². The zero-order valence-corrected chi connectivity index (χ0v) is 19.1. The van der Waals surface area contributed by atoms with E-state index in [2.05, 4.69) is 20.5 Å². The molecular formula is C27H21N5O4. The number of fused-ring (bicyclic) bond motifs is 3. The predicted molar refractivity (Wildman–Crippen MR) is 136 cm³/mol. The van der Waals surface area contributed by atoms with Gasteiger partial charge in [0.2, 0.25) is 0 Å². The van der Waals surface area contributed by atoms with E-state index in [4.69, 9.17) is 9.94 Å². The molecule has 3 aromatic carbocycles. The molecule has 36 heavy (non-hydrogen) atoms. The largest absolute Gasteiger partial charge is 0.497 e. The molecule has 0 saturated heterocycles. The molecule has 5 aromatic rings. The van der Waals surface area contributed by atoms with E-state index in [1.165, 1.54) is 18.3 Å². The van der Waals surface area contributed by atoms with Crippen molar-refractivity contribution in [3.05, 3.63) is 95.7 Å². The molecule has 0 fully saturated rings. The highest BCUT2D eigenvalue weighted by Gasteiger charge is 2.17. The molecule has 9 heteroatoms. The van der Waals surface area contributed by atoms with Crippen molar-refractivity contribution >= 4 is 39.8 Å². The van der Waals surface area contributed by atoms with Crippen LogP contribution in [0, 0.1) is 0 Å². The Labute approximate surface area is 205 Å². The zero-order chi connectivity index (χ0) is 25.1. The maximum absolute atomic E-state index is 13.0. The van der Waals surface area contributed by atoms with Gasteiger partial charge in [-0.15, -0.1) is 0 Å². The average Bonchev–Trinajstić information content (AvgIpc) is 3.31. The first-order valence-electron chi connectivity index (χ1n) is 11.0. The predicted octanol–water partition coefficient (Wildman–Crippen LogP) is 4.27. The lowest BCUT2D eigenvalue weighted by Crippen LogP contribution is -2.19. The number of aromatic nitrogens is 2. The van der Waals surface area contributed by atoms with Gasteiger partial charge in [-0.25, -0.2) is 15.9 Å². The van der Waals surface area contributed by atoms with Crippen LogP contribution in [0.2, 0.25) is 0 Å². The Kier molecular flexibility index (Phi) is 6.12. The summed E-state index contributed by atoms with van der Waals surface area (Å²) >= 11 is 0. The van der Waals surface area contributed by atoms with E-state index in [9.17, 15) is 9.59 Å². The van der Waals surface area contributed by atoms with Crippen molar-refractivity contribution in [2.24, 2.45) is 5.10 Å². The lowest BCUT2D eigenvalue weighted by molar-refractivity contribution is 0.0706. The smallest absolute Gasteiger partial charge is 0.289 e. The maximum atomic E-state index is 13.0. The molecule has 0 radical (unpaired) electrons. The number of H-pyrrole nitrogens is 1. The molecule has 0 aliphatic rings. The van der Waals surface area contributed by atoms with Crippen LogP contribution in [-0.2, 0) is 0 Å². The van der Waals surface area contributed by atoms with Crippen molar-refractivity contribution in [2.45, 2.75) is 0 Å². The molecular weight excluding hydrogens is 458 g/mol. The van der Waals surface area contributed by atoms with Crippen molar-refractivity contribution in [2.75, 3.05) is 7.11 Å². The number of rotatable bonds is 6. The molecule has 0 spiro atoms. The van der Waals surface area contributed by atoms with E-state index in [-0.39, 0.29) is 5.69 Å². The van der Waals surface area contributed by atoms with Crippen molar-refractivity contribution in [3.63, 3.8) is 0 Å². The number of carbonyl (C=O) groups excluding carboxylic acids is 2. The normalized spacial score (nSPS) is 11.2. The summed E-state index contributed by atoms with van der Waals surface area (Å²) < 4.78 is 5.27. The molecule has 4 N–H and O–H groups in total. The van der Waals surface area contributed by atoms with E-state index in [1.807, 2.05) is 48.5 Å². The number of amides is 2. The van der Waals surface area contributed by atoms with E-state index in [0.29, 0.717) is 16.8 Å². The van der Waals surface area contributed by atoms with E-state index in [1.54, 1.807) is 30.8 Å². The minimum absolute atomic E-state index is 0.213. The molecule has 2 heterocycles. The number of benzene rings is 3. The van der Waals surface area contributed by atoms with E-state index < -0.39 is 11.8 Å². The summed E-state index contributed by atoms with van der Waals surface area (Å²) in [6.45, 7) is 0. The number of nitrogens with one attached hydrogen (secondary N) is 3. The number of para-hydroxylation sites is 1. The van der Waals surface area contributed by atoms with Crippen LogP contribution in [0.3, 0.4) is 0 Å². The Bertz CT molecular complexity index is 1610. The van der Waals surface area contributed by atoms with Crippen molar-refractivity contribution < 1.29 is 19.5 Å². The summed E-state index contributed by atoms with van der Waals surface area (Å²) in [7, 11) is 1.61. The van der Waals surface area contributed by atoms with Crippen LogP contribution in [0.1, 0.15) is 26.4 Å². The van der Waals surface area contributed by atoms with Crippen LogP contribution in [0.15, 0.2) is 84.0 Å². The molecule has 0 aliphatic carbocycles. The first-order chi connectivity index (χ1) is 17.6. The molecule has 178 valence electrons. The lowest BCUT2D eigenvalue weighted by Gasteiger charge is -2.08. The van der Waals surface area contributed by atoms with Gasteiger partial charge in [0.15, 0.2) is 0 Å². The summed E-state index contributed by atoms with van der Waals surface area (Å²) in [6, 6.07) is 23.4. The minimum atomic E-state index is -0.613. The maximum Gasteiger partial charge on any atom is 0.289 e. The number of hydroxylamine groups is 1. The monoisotopic (exact) mass is 479 g/mol. The second-order valence-corrected chi connectivity index (χ2v) is 7.94. The van der Waals surface area contributed by atoms with Gasteiger partial charge < -0.3 is 9.72 Å². The molecule has 2 amide bonds. The Morgan fingerprint density at radius 3 is 2.44 bits per heavy atom. The number of aromatic amines is 1. The molecule has 2 aromatic heterocycles. The number of ether oxygens (including phenoxy) is 1. The topological polar surface area (TPSA) is 129 Å². The fourth-order valence-corrected chi connectivity index (χ4v) is 3.93. The van der Waals surface area contributed by atoms with Gasteiger partial charge in [0.05, 0.1) is 24.5 Å². The Morgan fingerprint density at radius 2 is 1.72 bits per heavy atom. The number of hydrogen-bond donors (Lipinski definition) is 4. The molecule has 5 rings (SSSR count). The highest BCUT2D eigenvalue weighted by Crippen LogP contribution is 2.33. The number of hydrogen-bond acceptors (Lipinski definition) is 6. The summed E-state index contributed by atoms with van der Waals surface area (Å²) in [5.74, 6) is -0.359. The van der Waals surface area contributed by atoms with Crippen molar-refractivity contribution in [1.82, 2.24) is 20.9 Å². The fraction of sp³-hybridized carbons (Fsp3) is 0.0370. The van der Waals surface area contributed by atoms with Crippen molar-refractivity contribution in [1.29, 1.82) is 0 Å². The summed E-state index contributed by atoms with van der Waals surface area (Å²) in [5, 5.41) is 14.6. The van der Waals surface area contributed by atoms with E-state index in [0.717, 1.165) is 33.1 Å². The third-order valence-electron chi connectivity index (χ3n) is 5.75. The molecule has 9 nitrogen and oxygen atoms in total. The number of methoxy groups -OCH3 is 1. The highest BCUT2D eigenvalue weighted by atomic mass is 16.5. The average molecular weight is 479 g/mol. The van der Waals surface area contributed by atoms with Gasteiger partial charge in [0, 0.05) is 27.4 Å². The van der Waals surface area contributed by atoms with Gasteiger partial charge in [-0.2, -0.15) is 5.10 Å². The van der Waals surface area contributed by atoms with Crippen LogP contribution in [0.25, 0.3) is 33.1 Å². The molecule has 0 aliphatic heterocycles. The molecule has 0 bridgehead atoms. The Hall–Kier alpha value is -5.02. The first-order valence-corrected chi connectivity index (χ1v) is 11.0. The van der Waals surface area contributed by atoms with Crippen LogP contribution in [0.5, 0.6) is 5.75 Å². The van der Waals surface area contributed by atoms with Gasteiger partial charge in [-0.1, -0.05) is 30.3 Å². The van der Waals surface area contributed by atoms with Crippen molar-refractivity contribution in [3.8, 4) is 17.0 Å². The number of hydrazone groups is 1. The first kappa shape index (κ1) is 22.8.